The highest BCUT2D eigenvalue weighted by molar-refractivity contribution is 5.74. The van der Waals surface area contributed by atoms with E-state index >= 15 is 0 Å². The largest absolute Gasteiger partial charge is 0.459 e. The first-order chi connectivity index (χ1) is 8.29. The molecule has 0 amide bonds. The Morgan fingerprint density at radius 3 is 2.71 bits per heavy atom. The Hall–Kier alpha value is -0.830. The van der Waals surface area contributed by atoms with E-state index in [0.29, 0.717) is 17.9 Å². The maximum Gasteiger partial charge on any atom is 0.309 e. The fourth-order valence-electron chi connectivity index (χ4n) is 4.00. The van der Waals surface area contributed by atoms with Gasteiger partial charge >= 0.3 is 5.97 Å². The van der Waals surface area contributed by atoms with Crippen molar-refractivity contribution in [3.05, 3.63) is 12.2 Å². The van der Waals surface area contributed by atoms with Gasteiger partial charge in [-0.1, -0.05) is 12.2 Å². The van der Waals surface area contributed by atoms with Gasteiger partial charge in [-0.25, -0.2) is 0 Å². The SMILES string of the molecule is O=C(OC1CC2CCC1O2)C1CC2C=CC1C2. The van der Waals surface area contributed by atoms with E-state index in [-0.39, 0.29) is 24.1 Å². The Morgan fingerprint density at radius 2 is 2.12 bits per heavy atom. The molecule has 0 radical (unpaired) electrons. The number of esters is 1. The molecule has 0 N–H and O–H groups in total. The molecule has 2 aliphatic heterocycles. The van der Waals surface area contributed by atoms with Gasteiger partial charge in [-0.3, -0.25) is 4.79 Å². The second kappa shape index (κ2) is 3.58. The van der Waals surface area contributed by atoms with Crippen molar-refractivity contribution in [1.29, 1.82) is 0 Å². The van der Waals surface area contributed by atoms with Crippen molar-refractivity contribution in [1.82, 2.24) is 0 Å². The summed E-state index contributed by atoms with van der Waals surface area (Å²) < 4.78 is 11.4. The molecule has 3 nitrogen and oxygen atoms in total. The molecular formula is C14H18O3. The molecule has 6 atom stereocenters. The van der Waals surface area contributed by atoms with Gasteiger partial charge in [-0.05, 0) is 37.5 Å². The Morgan fingerprint density at radius 1 is 1.18 bits per heavy atom. The van der Waals surface area contributed by atoms with Crippen molar-refractivity contribution in [2.24, 2.45) is 17.8 Å². The average Bonchev–Trinajstić information content (AvgIpc) is 3.08. The lowest BCUT2D eigenvalue weighted by atomic mass is 9.93. The van der Waals surface area contributed by atoms with Gasteiger partial charge in [0.1, 0.15) is 6.10 Å². The summed E-state index contributed by atoms with van der Waals surface area (Å²) in [4.78, 5) is 12.2. The van der Waals surface area contributed by atoms with E-state index in [9.17, 15) is 4.79 Å². The maximum atomic E-state index is 12.2. The Kier molecular flexibility index (Phi) is 2.13. The summed E-state index contributed by atoms with van der Waals surface area (Å²) in [6.07, 6.45) is 10.4. The zero-order valence-electron chi connectivity index (χ0n) is 9.88. The molecule has 2 saturated heterocycles. The zero-order valence-corrected chi connectivity index (χ0v) is 9.88. The van der Waals surface area contributed by atoms with Crippen LogP contribution in [-0.2, 0) is 14.3 Å². The summed E-state index contributed by atoms with van der Waals surface area (Å²) in [7, 11) is 0. The van der Waals surface area contributed by atoms with Gasteiger partial charge in [0.25, 0.3) is 0 Å². The van der Waals surface area contributed by atoms with Crippen molar-refractivity contribution in [3.63, 3.8) is 0 Å². The normalized spacial score (nSPS) is 50.1. The van der Waals surface area contributed by atoms with Crippen molar-refractivity contribution in [2.45, 2.75) is 50.4 Å². The summed E-state index contributed by atoms with van der Waals surface area (Å²) in [6, 6.07) is 0. The molecule has 0 aromatic heterocycles. The number of ether oxygens (including phenoxy) is 2. The van der Waals surface area contributed by atoms with Crippen LogP contribution in [0, 0.1) is 17.8 Å². The minimum Gasteiger partial charge on any atom is -0.459 e. The number of carbonyl (C=O) groups excluding carboxylic acids is 1. The lowest BCUT2D eigenvalue weighted by Gasteiger charge is -2.23. The Balaban J connectivity index is 1.40. The van der Waals surface area contributed by atoms with Crippen LogP contribution in [0.1, 0.15) is 32.1 Å². The van der Waals surface area contributed by atoms with E-state index in [1.807, 2.05) is 0 Å². The van der Waals surface area contributed by atoms with Crippen molar-refractivity contribution in [3.8, 4) is 0 Å². The van der Waals surface area contributed by atoms with Gasteiger partial charge in [0.15, 0.2) is 0 Å². The number of hydrogen-bond acceptors (Lipinski definition) is 3. The predicted molar refractivity (Wildman–Crippen MR) is 61.2 cm³/mol. The van der Waals surface area contributed by atoms with Crippen molar-refractivity contribution >= 4 is 5.97 Å². The molecule has 4 aliphatic rings. The number of rotatable bonds is 2. The molecule has 0 aromatic rings. The summed E-state index contributed by atoms with van der Waals surface area (Å²) in [5.74, 6) is 1.24. The molecule has 3 fully saturated rings. The number of allylic oxidation sites excluding steroid dienone is 2. The minimum atomic E-state index is 0.0306. The Labute approximate surface area is 101 Å². The highest BCUT2D eigenvalue weighted by Crippen LogP contribution is 2.45. The molecule has 2 aliphatic carbocycles. The fraction of sp³-hybridized carbons (Fsp3) is 0.786. The molecule has 3 heteroatoms. The number of carbonyl (C=O) groups is 1. The second-order valence-corrected chi connectivity index (χ2v) is 5.97. The maximum absolute atomic E-state index is 12.2. The molecule has 92 valence electrons. The third-order valence-corrected chi connectivity index (χ3v) is 4.90. The van der Waals surface area contributed by atoms with Crippen LogP contribution in [0.4, 0.5) is 0 Å². The van der Waals surface area contributed by atoms with Crippen molar-refractivity contribution in [2.75, 3.05) is 0 Å². The standard InChI is InChI=1S/C14H18O3/c15-14(11-6-8-1-2-9(11)5-8)17-13-7-10-3-4-12(13)16-10/h1-2,8-13H,3-7H2. The summed E-state index contributed by atoms with van der Waals surface area (Å²) in [5, 5.41) is 0. The minimum absolute atomic E-state index is 0.0306. The topological polar surface area (TPSA) is 35.5 Å². The fourth-order valence-corrected chi connectivity index (χ4v) is 4.00. The molecule has 0 spiro atoms. The van der Waals surface area contributed by atoms with Crippen LogP contribution in [0.5, 0.6) is 0 Å². The van der Waals surface area contributed by atoms with Crippen LogP contribution in [0.3, 0.4) is 0 Å². The third kappa shape index (κ3) is 1.55. The summed E-state index contributed by atoms with van der Waals surface area (Å²) >= 11 is 0. The van der Waals surface area contributed by atoms with Crippen LogP contribution in [0.25, 0.3) is 0 Å². The van der Waals surface area contributed by atoms with E-state index in [0.717, 1.165) is 32.1 Å². The molecular weight excluding hydrogens is 216 g/mol. The second-order valence-electron chi connectivity index (χ2n) is 5.97. The molecule has 17 heavy (non-hydrogen) atoms. The number of fused-ring (bicyclic) bond motifs is 4. The van der Waals surface area contributed by atoms with Crippen molar-refractivity contribution < 1.29 is 14.3 Å². The smallest absolute Gasteiger partial charge is 0.309 e. The first-order valence-electron chi connectivity index (χ1n) is 6.84. The van der Waals surface area contributed by atoms with Crippen LogP contribution in [-0.4, -0.2) is 24.3 Å². The van der Waals surface area contributed by atoms with E-state index in [4.69, 9.17) is 9.47 Å². The molecule has 6 unspecified atom stereocenters. The van der Waals surface area contributed by atoms with Crippen LogP contribution in [0.15, 0.2) is 12.2 Å². The first-order valence-corrected chi connectivity index (χ1v) is 6.84. The zero-order chi connectivity index (χ0) is 11.4. The van der Waals surface area contributed by atoms with Gasteiger partial charge in [0, 0.05) is 6.42 Å². The van der Waals surface area contributed by atoms with Crippen LogP contribution >= 0.6 is 0 Å². The van der Waals surface area contributed by atoms with Gasteiger partial charge in [-0.2, -0.15) is 0 Å². The molecule has 2 heterocycles. The summed E-state index contributed by atoms with van der Waals surface area (Å²) in [5.41, 5.74) is 0. The lowest BCUT2D eigenvalue weighted by molar-refractivity contribution is -0.157. The van der Waals surface area contributed by atoms with Gasteiger partial charge in [0.2, 0.25) is 0 Å². The first kappa shape index (κ1) is 10.1. The van der Waals surface area contributed by atoms with E-state index in [1.165, 1.54) is 0 Å². The molecule has 0 aromatic carbocycles. The van der Waals surface area contributed by atoms with E-state index in [1.54, 1.807) is 0 Å². The third-order valence-electron chi connectivity index (χ3n) is 4.90. The van der Waals surface area contributed by atoms with Gasteiger partial charge in [-0.15, -0.1) is 0 Å². The van der Waals surface area contributed by atoms with Crippen LogP contribution in [0.2, 0.25) is 0 Å². The molecule has 1 saturated carbocycles. The van der Waals surface area contributed by atoms with Crippen LogP contribution < -0.4 is 0 Å². The average molecular weight is 234 g/mol. The molecule has 4 rings (SSSR count). The Bertz CT molecular complexity index is 376. The lowest BCUT2D eigenvalue weighted by Crippen LogP contribution is -2.32. The molecule has 4 bridgehead atoms. The quantitative estimate of drug-likeness (QED) is 0.542. The van der Waals surface area contributed by atoms with E-state index in [2.05, 4.69) is 12.2 Å². The van der Waals surface area contributed by atoms with Gasteiger partial charge in [0.05, 0.1) is 18.1 Å². The monoisotopic (exact) mass is 234 g/mol. The predicted octanol–water partition coefficient (Wildman–Crippen LogP) is 2.06. The van der Waals surface area contributed by atoms with E-state index < -0.39 is 0 Å². The highest BCUT2D eigenvalue weighted by Gasteiger charge is 2.46. The highest BCUT2D eigenvalue weighted by atomic mass is 16.6. The number of hydrogen-bond donors (Lipinski definition) is 0. The van der Waals surface area contributed by atoms with Gasteiger partial charge < -0.3 is 9.47 Å². The summed E-state index contributed by atoms with van der Waals surface area (Å²) in [6.45, 7) is 0.